The van der Waals surface area contributed by atoms with Gasteiger partial charge >= 0.3 is 0 Å². The van der Waals surface area contributed by atoms with Gasteiger partial charge in [0.05, 0.1) is 6.54 Å². The van der Waals surface area contributed by atoms with E-state index in [9.17, 15) is 13.6 Å². The fraction of sp³-hybridized carbons (Fsp3) is 0.278. The van der Waals surface area contributed by atoms with Crippen LogP contribution in [0.15, 0.2) is 42.5 Å². The zero-order valence-corrected chi connectivity index (χ0v) is 14.1. The molecule has 0 bridgehead atoms. The number of carbonyl (C=O) groups excluding carboxylic acids is 1. The van der Waals surface area contributed by atoms with Gasteiger partial charge in [-0.15, -0.1) is 0 Å². The Morgan fingerprint density at radius 2 is 1.83 bits per heavy atom. The van der Waals surface area contributed by atoms with Crippen molar-refractivity contribution in [3.05, 3.63) is 70.2 Å². The Bertz CT molecular complexity index is 689. The predicted molar refractivity (Wildman–Crippen MR) is 90.9 cm³/mol. The van der Waals surface area contributed by atoms with Gasteiger partial charge in [0.15, 0.2) is 0 Å². The standard InChI is InChI=1S/C18H19ClF2N2O/c1-23(11-14-15(19)6-4-8-17(14)21)12-18(24)22-10-9-13-5-2-3-7-16(13)20/h2-8H,9-12H2,1H3,(H,22,24). The molecule has 0 aliphatic carbocycles. The van der Waals surface area contributed by atoms with E-state index in [0.717, 1.165) is 0 Å². The first kappa shape index (κ1) is 18.4. The number of nitrogens with one attached hydrogen (secondary N) is 1. The fourth-order valence-electron chi connectivity index (χ4n) is 2.35. The van der Waals surface area contributed by atoms with E-state index in [4.69, 9.17) is 11.6 Å². The van der Waals surface area contributed by atoms with Crippen LogP contribution in [0.3, 0.4) is 0 Å². The van der Waals surface area contributed by atoms with Gasteiger partial charge < -0.3 is 5.32 Å². The lowest BCUT2D eigenvalue weighted by molar-refractivity contribution is -0.122. The predicted octanol–water partition coefficient (Wildman–Crippen LogP) is 3.41. The van der Waals surface area contributed by atoms with Crippen molar-refractivity contribution in [3.63, 3.8) is 0 Å². The quantitative estimate of drug-likeness (QED) is 0.828. The highest BCUT2D eigenvalue weighted by Gasteiger charge is 2.12. The van der Waals surface area contributed by atoms with E-state index in [1.54, 1.807) is 36.2 Å². The summed E-state index contributed by atoms with van der Waals surface area (Å²) in [5.74, 6) is -0.881. The zero-order valence-electron chi connectivity index (χ0n) is 13.4. The molecule has 3 nitrogen and oxygen atoms in total. The van der Waals surface area contributed by atoms with Crippen LogP contribution in [0.4, 0.5) is 8.78 Å². The average molecular weight is 353 g/mol. The van der Waals surface area contributed by atoms with E-state index in [1.807, 2.05) is 0 Å². The Morgan fingerprint density at radius 3 is 2.54 bits per heavy atom. The van der Waals surface area contributed by atoms with Gasteiger partial charge in [-0.25, -0.2) is 8.78 Å². The van der Waals surface area contributed by atoms with Crippen molar-refractivity contribution in [1.82, 2.24) is 10.2 Å². The van der Waals surface area contributed by atoms with Crippen LogP contribution in [-0.4, -0.2) is 30.9 Å². The minimum Gasteiger partial charge on any atom is -0.355 e. The molecule has 0 atom stereocenters. The summed E-state index contributed by atoms with van der Waals surface area (Å²) in [6, 6.07) is 11.0. The van der Waals surface area contributed by atoms with Gasteiger partial charge in [-0.1, -0.05) is 35.9 Å². The van der Waals surface area contributed by atoms with Gasteiger partial charge in [-0.05, 0) is 37.2 Å². The Labute approximate surface area is 145 Å². The van der Waals surface area contributed by atoms with Crippen LogP contribution in [0.25, 0.3) is 0 Å². The molecule has 24 heavy (non-hydrogen) atoms. The number of benzene rings is 2. The normalized spacial score (nSPS) is 10.9. The van der Waals surface area contributed by atoms with Crippen LogP contribution in [0.2, 0.25) is 5.02 Å². The second-order valence-electron chi connectivity index (χ2n) is 5.56. The van der Waals surface area contributed by atoms with E-state index in [0.29, 0.717) is 29.1 Å². The highest BCUT2D eigenvalue weighted by molar-refractivity contribution is 6.31. The van der Waals surface area contributed by atoms with Crippen LogP contribution in [-0.2, 0) is 17.8 Å². The molecule has 2 aromatic rings. The molecule has 0 unspecified atom stereocenters. The molecule has 0 aliphatic rings. The largest absolute Gasteiger partial charge is 0.355 e. The Morgan fingerprint density at radius 1 is 1.12 bits per heavy atom. The van der Waals surface area contributed by atoms with E-state index in [1.165, 1.54) is 18.2 Å². The van der Waals surface area contributed by atoms with Crippen molar-refractivity contribution in [3.8, 4) is 0 Å². The number of rotatable bonds is 7. The van der Waals surface area contributed by atoms with Crippen LogP contribution in [0.5, 0.6) is 0 Å². The van der Waals surface area contributed by atoms with Crippen LogP contribution in [0.1, 0.15) is 11.1 Å². The lowest BCUT2D eigenvalue weighted by Gasteiger charge is -2.17. The number of hydrogen-bond acceptors (Lipinski definition) is 2. The molecule has 0 saturated heterocycles. The van der Waals surface area contributed by atoms with Crippen molar-refractivity contribution in [2.45, 2.75) is 13.0 Å². The summed E-state index contributed by atoms with van der Waals surface area (Å²) < 4.78 is 27.2. The van der Waals surface area contributed by atoms with E-state index in [2.05, 4.69) is 5.32 Å². The molecule has 2 aromatic carbocycles. The summed E-state index contributed by atoms with van der Waals surface area (Å²) in [6.07, 6.45) is 0.418. The number of nitrogens with zero attached hydrogens (tertiary/aromatic N) is 1. The second kappa shape index (κ2) is 8.76. The molecular weight excluding hydrogens is 334 g/mol. The van der Waals surface area contributed by atoms with Crippen LogP contribution >= 0.6 is 11.6 Å². The first-order valence-corrected chi connectivity index (χ1v) is 7.96. The number of amides is 1. The molecule has 0 spiro atoms. The molecule has 0 heterocycles. The molecule has 0 saturated carbocycles. The summed E-state index contributed by atoms with van der Waals surface area (Å²) in [4.78, 5) is 13.6. The SMILES string of the molecule is CN(CC(=O)NCCc1ccccc1F)Cc1c(F)cccc1Cl. The minimum atomic E-state index is -0.394. The minimum absolute atomic E-state index is 0.0991. The number of hydrogen-bond donors (Lipinski definition) is 1. The van der Waals surface area contributed by atoms with Crippen molar-refractivity contribution in [1.29, 1.82) is 0 Å². The van der Waals surface area contributed by atoms with Gasteiger partial charge in [0.25, 0.3) is 0 Å². The van der Waals surface area contributed by atoms with Gasteiger partial charge in [0.1, 0.15) is 11.6 Å². The van der Waals surface area contributed by atoms with Crippen molar-refractivity contribution >= 4 is 17.5 Å². The third-order valence-electron chi connectivity index (χ3n) is 3.58. The molecular formula is C18H19ClF2N2O. The van der Waals surface area contributed by atoms with E-state index >= 15 is 0 Å². The summed E-state index contributed by atoms with van der Waals surface area (Å²) in [5, 5.41) is 3.07. The topological polar surface area (TPSA) is 32.3 Å². The van der Waals surface area contributed by atoms with Crippen molar-refractivity contribution in [2.24, 2.45) is 0 Å². The average Bonchev–Trinajstić information content (AvgIpc) is 2.53. The molecule has 2 rings (SSSR count). The van der Waals surface area contributed by atoms with Gasteiger partial charge in [-0.2, -0.15) is 0 Å². The number of likely N-dealkylation sites (N-methyl/N-ethyl adjacent to an activating group) is 1. The lowest BCUT2D eigenvalue weighted by Crippen LogP contribution is -2.36. The Kier molecular flexibility index (Phi) is 6.70. The van der Waals surface area contributed by atoms with Gasteiger partial charge in [-0.3, -0.25) is 9.69 Å². The molecule has 1 amide bonds. The molecule has 0 aromatic heterocycles. The first-order valence-electron chi connectivity index (χ1n) is 7.59. The molecule has 128 valence electrons. The summed E-state index contributed by atoms with van der Waals surface area (Å²) >= 11 is 5.97. The Balaban J connectivity index is 1.79. The first-order chi connectivity index (χ1) is 11.5. The van der Waals surface area contributed by atoms with Crippen molar-refractivity contribution in [2.75, 3.05) is 20.1 Å². The highest BCUT2D eigenvalue weighted by atomic mass is 35.5. The summed E-state index contributed by atoms with van der Waals surface area (Å²) in [6.45, 7) is 0.669. The van der Waals surface area contributed by atoms with Crippen LogP contribution in [0, 0.1) is 11.6 Å². The monoisotopic (exact) mass is 352 g/mol. The molecule has 6 heteroatoms. The third-order valence-corrected chi connectivity index (χ3v) is 3.93. The fourth-order valence-corrected chi connectivity index (χ4v) is 2.57. The second-order valence-corrected chi connectivity index (χ2v) is 5.97. The van der Waals surface area contributed by atoms with E-state index < -0.39 is 5.82 Å². The Hall–Kier alpha value is -1.98. The molecule has 0 radical (unpaired) electrons. The van der Waals surface area contributed by atoms with Gasteiger partial charge in [0, 0.05) is 23.7 Å². The van der Waals surface area contributed by atoms with E-state index in [-0.39, 0.29) is 24.8 Å². The molecule has 0 fully saturated rings. The number of halogens is 3. The third kappa shape index (κ3) is 5.28. The summed E-state index contributed by atoms with van der Waals surface area (Å²) in [5.41, 5.74) is 0.921. The highest BCUT2D eigenvalue weighted by Crippen LogP contribution is 2.20. The van der Waals surface area contributed by atoms with Gasteiger partial charge in [0.2, 0.25) is 5.91 Å². The molecule has 0 aliphatic heterocycles. The maximum absolute atomic E-state index is 13.7. The van der Waals surface area contributed by atoms with Crippen molar-refractivity contribution < 1.29 is 13.6 Å². The van der Waals surface area contributed by atoms with Crippen LogP contribution < -0.4 is 5.32 Å². The maximum atomic E-state index is 13.7. The summed E-state index contributed by atoms with van der Waals surface area (Å²) in [7, 11) is 1.71. The number of carbonyl (C=O) groups is 1. The smallest absolute Gasteiger partial charge is 0.234 e. The zero-order chi connectivity index (χ0) is 17.5. The molecule has 1 N–H and O–H groups in total. The maximum Gasteiger partial charge on any atom is 0.234 e. The lowest BCUT2D eigenvalue weighted by atomic mass is 10.1.